The predicted octanol–water partition coefficient (Wildman–Crippen LogP) is -0.408. The Morgan fingerprint density at radius 1 is 1.59 bits per heavy atom. The number of hydrogen-bond acceptors (Lipinski definition) is 5. The van der Waals surface area contributed by atoms with Gasteiger partial charge in [0.2, 0.25) is 6.41 Å². The Morgan fingerprint density at radius 3 is 2.82 bits per heavy atom. The quantitative estimate of drug-likeness (QED) is 0.506. The molecule has 2 atom stereocenters. The van der Waals surface area contributed by atoms with Gasteiger partial charge in [-0.05, 0) is 19.8 Å². The lowest BCUT2D eigenvalue weighted by Gasteiger charge is -2.23. The standard InChI is InChI=1S/C11H18N2O4/c1-8(11(16)12-7-15)5-13(2)10-4-3-9(6-14)17-10/h5,7,9-10,14H,3-4,6H2,1-2H3,(H,12,15,16)/b8-5-. The molecule has 1 heterocycles. The van der Waals surface area contributed by atoms with E-state index in [0.29, 0.717) is 12.0 Å². The third-order valence-electron chi connectivity index (χ3n) is 2.69. The molecule has 1 fully saturated rings. The van der Waals surface area contributed by atoms with E-state index in [0.717, 1.165) is 12.8 Å². The lowest BCUT2D eigenvalue weighted by molar-refractivity contribution is -0.122. The summed E-state index contributed by atoms with van der Waals surface area (Å²) >= 11 is 0. The van der Waals surface area contributed by atoms with Crippen molar-refractivity contribution in [3.8, 4) is 0 Å². The molecule has 0 aromatic rings. The highest BCUT2D eigenvalue weighted by Crippen LogP contribution is 2.21. The maximum Gasteiger partial charge on any atom is 0.254 e. The SMILES string of the molecule is C/C(=C/N(C)C1CCC(CO)O1)C(=O)NC=O. The van der Waals surface area contributed by atoms with Crippen LogP contribution in [0.3, 0.4) is 0 Å². The number of carbonyl (C=O) groups excluding carboxylic acids is 2. The average Bonchev–Trinajstić information content (AvgIpc) is 2.77. The van der Waals surface area contributed by atoms with E-state index < -0.39 is 5.91 Å². The molecule has 0 aliphatic carbocycles. The molecule has 0 saturated carbocycles. The highest BCUT2D eigenvalue weighted by molar-refractivity contribution is 5.98. The van der Waals surface area contributed by atoms with Crippen LogP contribution in [0.1, 0.15) is 19.8 Å². The molecule has 0 aromatic heterocycles. The molecule has 0 aromatic carbocycles. The molecule has 1 rings (SSSR count). The Labute approximate surface area is 100 Å². The maximum absolute atomic E-state index is 11.3. The number of aliphatic hydroxyl groups is 1. The summed E-state index contributed by atoms with van der Waals surface area (Å²) in [4.78, 5) is 23.2. The van der Waals surface area contributed by atoms with Gasteiger partial charge in [0.15, 0.2) is 0 Å². The Balaban J connectivity index is 2.53. The Bertz CT molecular complexity index is 317. The zero-order chi connectivity index (χ0) is 12.8. The molecule has 1 saturated heterocycles. The van der Waals surface area contributed by atoms with Gasteiger partial charge < -0.3 is 14.7 Å². The van der Waals surface area contributed by atoms with Gasteiger partial charge in [-0.1, -0.05) is 0 Å². The van der Waals surface area contributed by atoms with Crippen molar-refractivity contribution in [1.82, 2.24) is 10.2 Å². The van der Waals surface area contributed by atoms with E-state index in [1.54, 1.807) is 25.1 Å². The zero-order valence-electron chi connectivity index (χ0n) is 10.0. The Hall–Kier alpha value is -1.40. The van der Waals surface area contributed by atoms with Gasteiger partial charge in [-0.25, -0.2) is 0 Å². The number of amides is 2. The molecule has 6 nitrogen and oxygen atoms in total. The van der Waals surface area contributed by atoms with Crippen LogP contribution >= 0.6 is 0 Å². The monoisotopic (exact) mass is 242 g/mol. The molecular formula is C11H18N2O4. The van der Waals surface area contributed by atoms with Crippen molar-refractivity contribution in [2.75, 3.05) is 13.7 Å². The minimum atomic E-state index is -0.427. The van der Waals surface area contributed by atoms with Crippen molar-refractivity contribution in [3.05, 3.63) is 11.8 Å². The number of aliphatic hydroxyl groups excluding tert-OH is 1. The largest absolute Gasteiger partial charge is 0.394 e. The van der Waals surface area contributed by atoms with Crippen LogP contribution in [0.15, 0.2) is 11.8 Å². The van der Waals surface area contributed by atoms with E-state index in [1.165, 1.54) is 0 Å². The lowest BCUT2D eigenvalue weighted by atomic mass is 10.2. The summed E-state index contributed by atoms with van der Waals surface area (Å²) in [6.07, 6.45) is 3.34. The first kappa shape index (κ1) is 13.7. The molecule has 2 amide bonds. The summed E-state index contributed by atoms with van der Waals surface area (Å²) < 4.78 is 5.54. The Morgan fingerprint density at radius 2 is 2.29 bits per heavy atom. The second kappa shape index (κ2) is 6.36. The molecule has 1 aliphatic rings. The number of ether oxygens (including phenoxy) is 1. The van der Waals surface area contributed by atoms with Crippen molar-refractivity contribution in [2.45, 2.75) is 32.1 Å². The number of rotatable bonds is 5. The summed E-state index contributed by atoms with van der Waals surface area (Å²) in [5, 5.41) is 11.0. The predicted molar refractivity (Wildman–Crippen MR) is 60.7 cm³/mol. The average molecular weight is 242 g/mol. The summed E-state index contributed by atoms with van der Waals surface area (Å²) in [7, 11) is 1.79. The Kier molecular flexibility index (Phi) is 5.11. The number of hydrogen-bond donors (Lipinski definition) is 2. The van der Waals surface area contributed by atoms with Crippen molar-refractivity contribution in [2.24, 2.45) is 0 Å². The van der Waals surface area contributed by atoms with E-state index in [9.17, 15) is 9.59 Å². The molecule has 96 valence electrons. The fourth-order valence-corrected chi connectivity index (χ4v) is 1.74. The normalized spacial score (nSPS) is 24.5. The minimum absolute atomic E-state index is 0.0126. The first-order valence-electron chi connectivity index (χ1n) is 5.49. The van der Waals surface area contributed by atoms with Gasteiger partial charge >= 0.3 is 0 Å². The second-order valence-electron chi connectivity index (χ2n) is 4.04. The summed E-state index contributed by atoms with van der Waals surface area (Å²) in [5.41, 5.74) is 0.427. The van der Waals surface area contributed by atoms with Crippen LogP contribution in [0.25, 0.3) is 0 Å². The molecule has 0 radical (unpaired) electrons. The minimum Gasteiger partial charge on any atom is -0.394 e. The second-order valence-corrected chi connectivity index (χ2v) is 4.04. The van der Waals surface area contributed by atoms with Crippen molar-refractivity contribution >= 4 is 12.3 Å². The van der Waals surface area contributed by atoms with Gasteiger partial charge in [0, 0.05) is 18.8 Å². The van der Waals surface area contributed by atoms with Gasteiger partial charge in [-0.15, -0.1) is 0 Å². The van der Waals surface area contributed by atoms with Gasteiger partial charge in [0.1, 0.15) is 6.23 Å². The van der Waals surface area contributed by atoms with E-state index in [4.69, 9.17) is 9.84 Å². The summed E-state index contributed by atoms with van der Waals surface area (Å²) in [5.74, 6) is -0.427. The molecule has 0 spiro atoms. The highest BCUT2D eigenvalue weighted by atomic mass is 16.5. The van der Waals surface area contributed by atoms with Crippen LogP contribution in [0.5, 0.6) is 0 Å². The maximum atomic E-state index is 11.3. The van der Waals surface area contributed by atoms with Gasteiger partial charge in [-0.3, -0.25) is 14.9 Å². The smallest absolute Gasteiger partial charge is 0.254 e. The first-order valence-corrected chi connectivity index (χ1v) is 5.49. The lowest BCUT2D eigenvalue weighted by Crippen LogP contribution is -2.30. The van der Waals surface area contributed by atoms with Crippen LogP contribution < -0.4 is 5.32 Å². The number of imide groups is 1. The van der Waals surface area contributed by atoms with Crippen LogP contribution in [0.4, 0.5) is 0 Å². The van der Waals surface area contributed by atoms with Gasteiger partial charge in [0.25, 0.3) is 5.91 Å². The zero-order valence-corrected chi connectivity index (χ0v) is 10.0. The third-order valence-corrected chi connectivity index (χ3v) is 2.69. The van der Waals surface area contributed by atoms with Crippen molar-refractivity contribution in [1.29, 1.82) is 0 Å². The van der Waals surface area contributed by atoms with Crippen molar-refractivity contribution in [3.63, 3.8) is 0 Å². The highest BCUT2D eigenvalue weighted by Gasteiger charge is 2.26. The molecule has 2 N–H and O–H groups in total. The van der Waals surface area contributed by atoms with Crippen molar-refractivity contribution < 1.29 is 19.4 Å². The number of nitrogens with zero attached hydrogens (tertiary/aromatic N) is 1. The van der Waals surface area contributed by atoms with E-state index in [-0.39, 0.29) is 18.9 Å². The van der Waals surface area contributed by atoms with Crippen LogP contribution in [-0.2, 0) is 14.3 Å². The molecule has 0 bridgehead atoms. The fraction of sp³-hybridized carbons (Fsp3) is 0.636. The molecule has 6 heteroatoms. The number of nitrogens with one attached hydrogen (secondary N) is 1. The number of carbonyl (C=O) groups is 2. The molecular weight excluding hydrogens is 224 g/mol. The molecule has 17 heavy (non-hydrogen) atoms. The molecule has 2 unspecified atom stereocenters. The van der Waals surface area contributed by atoms with Gasteiger partial charge in [0.05, 0.1) is 12.7 Å². The molecule has 1 aliphatic heterocycles. The summed E-state index contributed by atoms with van der Waals surface area (Å²) in [6, 6.07) is 0. The van der Waals surface area contributed by atoms with Crippen LogP contribution in [0, 0.1) is 0 Å². The van der Waals surface area contributed by atoms with E-state index >= 15 is 0 Å². The van der Waals surface area contributed by atoms with Crippen LogP contribution in [0.2, 0.25) is 0 Å². The third kappa shape index (κ3) is 3.83. The fourth-order valence-electron chi connectivity index (χ4n) is 1.74. The first-order chi connectivity index (χ1) is 8.08. The van der Waals surface area contributed by atoms with E-state index in [1.807, 2.05) is 0 Å². The topological polar surface area (TPSA) is 78.9 Å². The van der Waals surface area contributed by atoms with E-state index in [2.05, 4.69) is 5.32 Å². The summed E-state index contributed by atoms with van der Waals surface area (Å²) in [6.45, 7) is 1.63. The van der Waals surface area contributed by atoms with Gasteiger partial charge in [-0.2, -0.15) is 0 Å². The van der Waals surface area contributed by atoms with Crippen LogP contribution in [-0.4, -0.2) is 48.3 Å².